The van der Waals surface area contributed by atoms with Crippen LogP contribution in [0.1, 0.15) is 28.6 Å². The van der Waals surface area contributed by atoms with Gasteiger partial charge in [-0.3, -0.25) is 16.3 Å². The molecule has 0 amide bonds. The van der Waals surface area contributed by atoms with Crippen LogP contribution in [0.2, 0.25) is 10.0 Å². The van der Waals surface area contributed by atoms with Crippen LogP contribution in [0.4, 0.5) is 0 Å². The first-order chi connectivity index (χ1) is 9.51. The minimum absolute atomic E-state index is 0.133. The van der Waals surface area contributed by atoms with Crippen LogP contribution in [-0.2, 0) is 6.42 Å². The van der Waals surface area contributed by atoms with Gasteiger partial charge < -0.3 is 0 Å². The van der Waals surface area contributed by atoms with Gasteiger partial charge in [0.2, 0.25) is 0 Å². The lowest BCUT2D eigenvalue weighted by Crippen LogP contribution is -2.30. The highest BCUT2D eigenvalue weighted by molar-refractivity contribution is 6.36. The van der Waals surface area contributed by atoms with Gasteiger partial charge in [-0.1, -0.05) is 29.3 Å². The zero-order chi connectivity index (χ0) is 14.7. The molecule has 1 aromatic heterocycles. The molecule has 106 valence electrons. The molecule has 1 atom stereocenters. The summed E-state index contributed by atoms with van der Waals surface area (Å²) in [4.78, 5) is 4.53. The molecule has 3 N–H and O–H groups in total. The molecule has 1 unspecified atom stereocenters. The second-order valence-electron chi connectivity index (χ2n) is 4.83. The lowest BCUT2D eigenvalue weighted by Gasteiger charge is -2.18. The Hall–Kier alpha value is -1.13. The van der Waals surface area contributed by atoms with E-state index in [-0.39, 0.29) is 6.04 Å². The van der Waals surface area contributed by atoms with Crippen molar-refractivity contribution in [2.45, 2.75) is 26.3 Å². The van der Waals surface area contributed by atoms with Crippen molar-refractivity contribution in [2.24, 2.45) is 5.84 Å². The number of nitrogens with two attached hydrogens (primary N) is 1. The average molecular weight is 310 g/mol. The normalized spacial score (nSPS) is 12.4. The smallest absolute Gasteiger partial charge is 0.0673 e. The van der Waals surface area contributed by atoms with Crippen LogP contribution in [0.25, 0.3) is 0 Å². The number of benzene rings is 1. The number of hydrogen-bond donors (Lipinski definition) is 2. The molecule has 0 aliphatic carbocycles. The number of nitrogens with zero attached hydrogens (tertiary/aromatic N) is 1. The Morgan fingerprint density at radius 3 is 2.40 bits per heavy atom. The standard InChI is InChI=1S/C15H17Cl2N3/c1-9-6-10(2)19-14(7-9)15(20-18)8-11-12(16)4-3-5-13(11)17/h3-7,15,20H,8,18H2,1-2H3. The summed E-state index contributed by atoms with van der Waals surface area (Å²) < 4.78 is 0. The van der Waals surface area contributed by atoms with E-state index in [0.29, 0.717) is 16.5 Å². The summed E-state index contributed by atoms with van der Waals surface area (Å²) in [5.41, 5.74) is 6.67. The van der Waals surface area contributed by atoms with Crippen molar-refractivity contribution in [3.8, 4) is 0 Å². The molecule has 0 fully saturated rings. The van der Waals surface area contributed by atoms with Crippen LogP contribution in [0.15, 0.2) is 30.3 Å². The molecule has 2 aromatic rings. The molecule has 0 bridgehead atoms. The monoisotopic (exact) mass is 309 g/mol. The van der Waals surface area contributed by atoms with Gasteiger partial charge in [-0.15, -0.1) is 0 Å². The molecule has 0 spiro atoms. The molecule has 5 heteroatoms. The molecule has 0 aliphatic heterocycles. The van der Waals surface area contributed by atoms with E-state index in [2.05, 4.69) is 10.4 Å². The largest absolute Gasteiger partial charge is 0.271 e. The minimum Gasteiger partial charge on any atom is -0.271 e. The summed E-state index contributed by atoms with van der Waals surface area (Å²) in [5.74, 6) is 5.68. The van der Waals surface area contributed by atoms with Crippen molar-refractivity contribution in [3.05, 3.63) is 62.9 Å². The second kappa shape index (κ2) is 6.55. The maximum atomic E-state index is 6.21. The van der Waals surface area contributed by atoms with Crippen LogP contribution in [-0.4, -0.2) is 4.98 Å². The molecule has 0 aliphatic rings. The third-order valence-corrected chi connectivity index (χ3v) is 3.85. The first kappa shape index (κ1) is 15.3. The van der Waals surface area contributed by atoms with E-state index >= 15 is 0 Å². The van der Waals surface area contributed by atoms with Crippen molar-refractivity contribution < 1.29 is 0 Å². The average Bonchev–Trinajstić information content (AvgIpc) is 2.37. The Kier molecular flexibility index (Phi) is 5.00. The fourth-order valence-electron chi connectivity index (χ4n) is 2.23. The lowest BCUT2D eigenvalue weighted by molar-refractivity contribution is 0.537. The molecule has 1 heterocycles. The van der Waals surface area contributed by atoms with Gasteiger partial charge in [0.05, 0.1) is 11.7 Å². The number of nitrogens with one attached hydrogen (secondary N) is 1. The van der Waals surface area contributed by atoms with Crippen molar-refractivity contribution in [1.82, 2.24) is 10.4 Å². The highest BCUT2D eigenvalue weighted by Crippen LogP contribution is 2.28. The van der Waals surface area contributed by atoms with E-state index in [1.165, 1.54) is 0 Å². The Balaban J connectivity index is 2.33. The summed E-state index contributed by atoms with van der Waals surface area (Å²) in [6.07, 6.45) is 0.588. The fourth-order valence-corrected chi connectivity index (χ4v) is 2.78. The number of hydrogen-bond acceptors (Lipinski definition) is 3. The van der Waals surface area contributed by atoms with Crippen LogP contribution < -0.4 is 11.3 Å². The van der Waals surface area contributed by atoms with Gasteiger partial charge in [0.1, 0.15) is 0 Å². The summed E-state index contributed by atoms with van der Waals surface area (Å²) in [5, 5.41) is 1.28. The third-order valence-electron chi connectivity index (χ3n) is 3.15. The van der Waals surface area contributed by atoms with Gasteiger partial charge in [-0.2, -0.15) is 0 Å². The molecule has 0 radical (unpaired) electrons. The number of rotatable bonds is 4. The van der Waals surface area contributed by atoms with E-state index in [9.17, 15) is 0 Å². The van der Waals surface area contributed by atoms with Crippen LogP contribution in [0.3, 0.4) is 0 Å². The van der Waals surface area contributed by atoms with Gasteiger partial charge in [0, 0.05) is 15.7 Å². The molecule has 20 heavy (non-hydrogen) atoms. The van der Waals surface area contributed by atoms with Crippen LogP contribution >= 0.6 is 23.2 Å². The zero-order valence-corrected chi connectivity index (χ0v) is 13.0. The van der Waals surface area contributed by atoms with Crippen LogP contribution in [0, 0.1) is 13.8 Å². The zero-order valence-electron chi connectivity index (χ0n) is 11.5. The molecular formula is C15H17Cl2N3. The quantitative estimate of drug-likeness (QED) is 0.668. The number of aromatic nitrogens is 1. The topological polar surface area (TPSA) is 50.9 Å². The summed E-state index contributed by atoms with van der Waals surface area (Å²) in [7, 11) is 0. The Morgan fingerprint density at radius 2 is 1.85 bits per heavy atom. The Labute approximate surface area is 129 Å². The predicted octanol–water partition coefficient (Wildman–Crippen LogP) is 3.75. The van der Waals surface area contributed by atoms with Gasteiger partial charge in [-0.25, -0.2) is 0 Å². The third kappa shape index (κ3) is 3.49. The van der Waals surface area contributed by atoms with Gasteiger partial charge >= 0.3 is 0 Å². The van der Waals surface area contributed by atoms with Gasteiger partial charge in [-0.05, 0) is 55.7 Å². The maximum absolute atomic E-state index is 6.21. The molecule has 0 saturated carbocycles. The molecule has 1 aromatic carbocycles. The summed E-state index contributed by atoms with van der Waals surface area (Å²) in [6.45, 7) is 4.00. The van der Waals surface area contributed by atoms with E-state index in [1.807, 2.05) is 44.2 Å². The molecule has 3 nitrogen and oxygen atoms in total. The second-order valence-corrected chi connectivity index (χ2v) is 5.65. The Morgan fingerprint density at radius 1 is 1.20 bits per heavy atom. The summed E-state index contributed by atoms with van der Waals surface area (Å²) in [6, 6.07) is 9.39. The van der Waals surface area contributed by atoms with E-state index in [4.69, 9.17) is 29.0 Å². The fraction of sp³-hybridized carbons (Fsp3) is 0.267. The number of hydrazine groups is 1. The number of pyridine rings is 1. The maximum Gasteiger partial charge on any atom is 0.0673 e. The molecule has 0 saturated heterocycles. The molecule has 2 rings (SSSR count). The van der Waals surface area contributed by atoms with Crippen molar-refractivity contribution in [1.29, 1.82) is 0 Å². The molecular weight excluding hydrogens is 293 g/mol. The van der Waals surface area contributed by atoms with Gasteiger partial charge in [0.15, 0.2) is 0 Å². The first-order valence-corrected chi connectivity index (χ1v) is 7.11. The van der Waals surface area contributed by atoms with E-state index < -0.39 is 0 Å². The highest BCUT2D eigenvalue weighted by Gasteiger charge is 2.16. The van der Waals surface area contributed by atoms with Crippen molar-refractivity contribution in [3.63, 3.8) is 0 Å². The van der Waals surface area contributed by atoms with Crippen molar-refractivity contribution >= 4 is 23.2 Å². The van der Waals surface area contributed by atoms with Crippen molar-refractivity contribution in [2.75, 3.05) is 0 Å². The Bertz CT molecular complexity index is 574. The van der Waals surface area contributed by atoms with Crippen LogP contribution in [0.5, 0.6) is 0 Å². The van der Waals surface area contributed by atoms with E-state index in [0.717, 1.165) is 22.5 Å². The minimum atomic E-state index is -0.133. The SMILES string of the molecule is Cc1cc(C)nc(C(Cc2c(Cl)cccc2Cl)NN)c1. The summed E-state index contributed by atoms with van der Waals surface area (Å²) >= 11 is 12.4. The predicted molar refractivity (Wildman–Crippen MR) is 83.9 cm³/mol. The van der Waals surface area contributed by atoms with E-state index in [1.54, 1.807) is 0 Å². The first-order valence-electron chi connectivity index (χ1n) is 6.35. The lowest BCUT2D eigenvalue weighted by atomic mass is 10.0. The van der Waals surface area contributed by atoms with Gasteiger partial charge in [0.25, 0.3) is 0 Å². The number of aryl methyl sites for hydroxylation is 2. The highest BCUT2D eigenvalue weighted by atomic mass is 35.5. The number of halogens is 2.